The van der Waals surface area contributed by atoms with Crippen LogP contribution < -0.4 is 5.32 Å². The van der Waals surface area contributed by atoms with Crippen LogP contribution in [0.3, 0.4) is 0 Å². The third kappa shape index (κ3) is 4.23. The molecule has 1 aliphatic rings. The number of imide groups is 1. The van der Waals surface area contributed by atoms with Crippen molar-refractivity contribution in [3.05, 3.63) is 23.4 Å². The van der Waals surface area contributed by atoms with Crippen LogP contribution in [0.25, 0.3) is 0 Å². The maximum atomic E-state index is 11.7. The van der Waals surface area contributed by atoms with Crippen LogP contribution in [0.5, 0.6) is 0 Å². The van der Waals surface area contributed by atoms with Crippen LogP contribution in [0.2, 0.25) is 5.02 Å². The minimum Gasteiger partial charge on any atom is -0.310 e. The smallest absolute Gasteiger partial charge is 0.235 e. The Morgan fingerprint density at radius 3 is 2.62 bits per heavy atom. The van der Waals surface area contributed by atoms with E-state index in [1.807, 2.05) is 0 Å². The molecule has 0 saturated carbocycles. The fourth-order valence-corrected chi connectivity index (χ4v) is 2.75. The molecule has 1 N–H and O–H groups in total. The largest absolute Gasteiger partial charge is 0.310 e. The van der Waals surface area contributed by atoms with Gasteiger partial charge < -0.3 is 5.32 Å². The van der Waals surface area contributed by atoms with Crippen molar-refractivity contribution in [3.63, 3.8) is 0 Å². The molecule has 0 aromatic carbocycles. The van der Waals surface area contributed by atoms with Gasteiger partial charge in [0.25, 0.3) is 0 Å². The molecule has 0 radical (unpaired) electrons. The van der Waals surface area contributed by atoms with Gasteiger partial charge >= 0.3 is 0 Å². The van der Waals surface area contributed by atoms with Crippen LogP contribution in [0.15, 0.2) is 18.3 Å². The van der Waals surface area contributed by atoms with Crippen molar-refractivity contribution >= 4 is 63.4 Å². The van der Waals surface area contributed by atoms with E-state index in [9.17, 15) is 14.4 Å². The Kier molecular flexibility index (Phi) is 5.27. The van der Waals surface area contributed by atoms with Gasteiger partial charge in [-0.3, -0.25) is 14.4 Å². The average molecular weight is 344 g/mol. The molecule has 3 amide bonds. The Morgan fingerprint density at radius 1 is 1.38 bits per heavy atom. The lowest BCUT2D eigenvalue weighted by Gasteiger charge is -2.13. The summed E-state index contributed by atoms with van der Waals surface area (Å²) >= 11 is 11.6. The molecule has 110 valence electrons. The van der Waals surface area contributed by atoms with E-state index in [2.05, 4.69) is 10.3 Å². The SMILES string of the molecule is O=C(CSC(=S)N1C(=O)CCC1=O)Nc1ccc(Cl)cn1. The van der Waals surface area contributed by atoms with Crippen LogP contribution in [-0.2, 0) is 14.4 Å². The van der Waals surface area contributed by atoms with E-state index >= 15 is 0 Å². The summed E-state index contributed by atoms with van der Waals surface area (Å²) in [6.45, 7) is 0. The average Bonchev–Trinajstić information content (AvgIpc) is 2.78. The van der Waals surface area contributed by atoms with E-state index in [1.165, 1.54) is 6.20 Å². The molecule has 0 atom stereocenters. The summed E-state index contributed by atoms with van der Waals surface area (Å²) in [6.07, 6.45) is 1.75. The second-order valence-corrected chi connectivity index (χ2v) is 6.13. The van der Waals surface area contributed by atoms with Crippen molar-refractivity contribution in [3.8, 4) is 0 Å². The van der Waals surface area contributed by atoms with Gasteiger partial charge in [-0.1, -0.05) is 35.6 Å². The number of nitrogens with zero attached hydrogens (tertiary/aromatic N) is 2. The second-order valence-electron chi connectivity index (χ2n) is 4.09. The molecule has 0 spiro atoms. The number of carbonyl (C=O) groups excluding carboxylic acids is 3. The third-order valence-corrected chi connectivity index (χ3v) is 4.15. The van der Waals surface area contributed by atoms with Gasteiger partial charge in [-0.2, -0.15) is 0 Å². The molecule has 1 saturated heterocycles. The molecule has 0 aliphatic carbocycles. The highest BCUT2D eigenvalue weighted by Gasteiger charge is 2.32. The van der Waals surface area contributed by atoms with Gasteiger partial charge in [-0.05, 0) is 12.1 Å². The summed E-state index contributed by atoms with van der Waals surface area (Å²) < 4.78 is 0.0988. The Hall–Kier alpha value is -1.51. The van der Waals surface area contributed by atoms with Crippen molar-refractivity contribution in [1.82, 2.24) is 9.88 Å². The number of hydrogen-bond donors (Lipinski definition) is 1. The maximum Gasteiger partial charge on any atom is 0.235 e. The van der Waals surface area contributed by atoms with Gasteiger partial charge in [0.1, 0.15) is 10.1 Å². The predicted molar refractivity (Wildman–Crippen MR) is 84.0 cm³/mol. The van der Waals surface area contributed by atoms with Gasteiger partial charge in [-0.15, -0.1) is 0 Å². The van der Waals surface area contributed by atoms with Crippen LogP contribution in [0.4, 0.5) is 5.82 Å². The van der Waals surface area contributed by atoms with Crippen molar-refractivity contribution in [2.24, 2.45) is 0 Å². The third-order valence-electron chi connectivity index (χ3n) is 2.56. The first kappa shape index (κ1) is 15.9. The topological polar surface area (TPSA) is 79.4 Å². The zero-order valence-electron chi connectivity index (χ0n) is 10.7. The number of rotatable bonds is 3. The van der Waals surface area contributed by atoms with Crippen molar-refractivity contribution < 1.29 is 14.4 Å². The molecular formula is C12H10ClN3O3S2. The highest BCUT2D eigenvalue weighted by atomic mass is 35.5. The zero-order chi connectivity index (χ0) is 15.4. The summed E-state index contributed by atoms with van der Waals surface area (Å²) in [5, 5.41) is 3.03. The van der Waals surface area contributed by atoms with Gasteiger partial charge in [0, 0.05) is 19.0 Å². The number of nitrogens with one attached hydrogen (secondary N) is 1. The van der Waals surface area contributed by atoms with E-state index < -0.39 is 0 Å². The van der Waals surface area contributed by atoms with Crippen LogP contribution in [0.1, 0.15) is 12.8 Å². The first-order chi connectivity index (χ1) is 9.97. The molecule has 0 unspecified atom stereocenters. The number of carbonyl (C=O) groups is 3. The standard InChI is InChI=1S/C12H10ClN3O3S2/c13-7-1-2-8(14-5-7)15-9(17)6-21-12(20)16-10(18)3-4-11(16)19/h1-2,5H,3-4,6H2,(H,14,15,17). The summed E-state index contributed by atoms with van der Waals surface area (Å²) in [7, 11) is 0. The van der Waals surface area contributed by atoms with E-state index in [4.69, 9.17) is 23.8 Å². The number of thiocarbonyl (C=S) groups is 1. The molecule has 1 aliphatic heterocycles. The van der Waals surface area contributed by atoms with Crippen molar-refractivity contribution in [2.45, 2.75) is 12.8 Å². The van der Waals surface area contributed by atoms with Gasteiger partial charge in [-0.25, -0.2) is 9.88 Å². The molecule has 1 aromatic rings. The minimum absolute atomic E-state index is 0.0137. The Bertz CT molecular complexity index is 590. The summed E-state index contributed by atoms with van der Waals surface area (Å²) in [5.74, 6) is -0.629. The lowest BCUT2D eigenvalue weighted by Crippen LogP contribution is -2.33. The fourth-order valence-electron chi connectivity index (χ4n) is 1.60. The molecule has 2 heterocycles. The number of amides is 3. The highest BCUT2D eigenvalue weighted by molar-refractivity contribution is 8.23. The van der Waals surface area contributed by atoms with E-state index in [0.29, 0.717) is 10.8 Å². The first-order valence-electron chi connectivity index (χ1n) is 5.91. The van der Waals surface area contributed by atoms with Crippen LogP contribution >= 0.6 is 35.6 Å². The zero-order valence-corrected chi connectivity index (χ0v) is 13.1. The number of thioether (sulfide) groups is 1. The van der Waals surface area contributed by atoms with Gasteiger partial charge in [0.05, 0.1) is 10.8 Å². The Morgan fingerprint density at radius 2 is 2.05 bits per heavy atom. The molecule has 0 bridgehead atoms. The van der Waals surface area contributed by atoms with E-state index in [0.717, 1.165) is 16.7 Å². The monoisotopic (exact) mass is 343 g/mol. The number of likely N-dealkylation sites (tertiary alicyclic amines) is 1. The summed E-state index contributed by atoms with van der Waals surface area (Å²) in [4.78, 5) is 39.6. The van der Waals surface area contributed by atoms with E-state index in [-0.39, 0.29) is 40.6 Å². The quantitative estimate of drug-likeness (QED) is 0.666. The van der Waals surface area contributed by atoms with Crippen LogP contribution in [-0.4, -0.2) is 37.7 Å². The molecule has 1 fully saturated rings. The van der Waals surface area contributed by atoms with E-state index in [1.54, 1.807) is 12.1 Å². The van der Waals surface area contributed by atoms with Gasteiger partial charge in [0.15, 0.2) is 0 Å². The molecule has 1 aromatic heterocycles. The second kappa shape index (κ2) is 6.97. The molecule has 9 heteroatoms. The number of halogens is 1. The lowest BCUT2D eigenvalue weighted by atomic mass is 10.4. The lowest BCUT2D eigenvalue weighted by molar-refractivity contribution is -0.133. The normalized spacial score (nSPS) is 14.4. The number of aromatic nitrogens is 1. The molecule has 2 rings (SSSR count). The fraction of sp³-hybridized carbons (Fsp3) is 0.250. The Labute approximate surface area is 135 Å². The summed E-state index contributed by atoms with van der Waals surface area (Å²) in [6, 6.07) is 3.17. The number of hydrogen-bond acceptors (Lipinski definition) is 6. The predicted octanol–water partition coefficient (Wildman–Crippen LogP) is 1.84. The molecule has 6 nitrogen and oxygen atoms in total. The minimum atomic E-state index is -0.337. The number of anilines is 1. The highest BCUT2D eigenvalue weighted by Crippen LogP contribution is 2.19. The molecule has 21 heavy (non-hydrogen) atoms. The molecular weight excluding hydrogens is 334 g/mol. The van der Waals surface area contributed by atoms with Crippen molar-refractivity contribution in [1.29, 1.82) is 0 Å². The van der Waals surface area contributed by atoms with Crippen LogP contribution in [0, 0.1) is 0 Å². The van der Waals surface area contributed by atoms with Gasteiger partial charge in [0.2, 0.25) is 17.7 Å². The van der Waals surface area contributed by atoms with Crippen molar-refractivity contribution in [2.75, 3.05) is 11.1 Å². The maximum absolute atomic E-state index is 11.7. The Balaban J connectivity index is 1.83. The summed E-state index contributed by atoms with van der Waals surface area (Å²) in [5.41, 5.74) is 0. The first-order valence-corrected chi connectivity index (χ1v) is 7.68. The number of pyridine rings is 1.